The van der Waals surface area contributed by atoms with Crippen molar-refractivity contribution in [3.8, 4) is 28.4 Å². The third-order valence-corrected chi connectivity index (χ3v) is 4.58. The SMILES string of the molecule is c1ccc(COc2ccc(-c3nc4nc(-c5cncnc5)ccc4[nH]3)cc2)cc1. The first-order valence-electron chi connectivity index (χ1n) is 9.24. The Morgan fingerprint density at radius 2 is 1.55 bits per heavy atom. The molecule has 2 aromatic carbocycles. The smallest absolute Gasteiger partial charge is 0.178 e. The van der Waals surface area contributed by atoms with E-state index in [4.69, 9.17) is 4.74 Å². The number of hydrogen-bond donors (Lipinski definition) is 1. The van der Waals surface area contributed by atoms with Crippen molar-refractivity contribution < 1.29 is 4.74 Å². The van der Waals surface area contributed by atoms with Crippen LogP contribution in [0, 0.1) is 0 Å². The van der Waals surface area contributed by atoms with Crippen LogP contribution < -0.4 is 4.74 Å². The molecule has 6 heteroatoms. The van der Waals surface area contributed by atoms with E-state index in [1.54, 1.807) is 12.4 Å². The maximum absolute atomic E-state index is 5.85. The highest BCUT2D eigenvalue weighted by Crippen LogP contribution is 2.24. The number of aromatic amines is 1. The van der Waals surface area contributed by atoms with Crippen LogP contribution in [0.2, 0.25) is 0 Å². The minimum atomic E-state index is 0.542. The molecule has 0 amide bonds. The van der Waals surface area contributed by atoms with E-state index < -0.39 is 0 Å². The van der Waals surface area contributed by atoms with E-state index >= 15 is 0 Å². The highest BCUT2D eigenvalue weighted by Gasteiger charge is 2.09. The van der Waals surface area contributed by atoms with Gasteiger partial charge in [0.2, 0.25) is 0 Å². The predicted octanol–water partition coefficient (Wildman–Crippen LogP) is 4.66. The second-order valence-electron chi connectivity index (χ2n) is 6.58. The van der Waals surface area contributed by atoms with Gasteiger partial charge in [-0.1, -0.05) is 30.3 Å². The molecule has 0 spiro atoms. The lowest BCUT2D eigenvalue weighted by Gasteiger charge is -2.06. The van der Waals surface area contributed by atoms with Crippen LogP contribution in [0.5, 0.6) is 5.75 Å². The highest BCUT2D eigenvalue weighted by atomic mass is 16.5. The van der Waals surface area contributed by atoms with Gasteiger partial charge in [0.1, 0.15) is 24.5 Å². The molecule has 0 saturated carbocycles. The lowest BCUT2D eigenvalue weighted by atomic mass is 10.2. The second-order valence-corrected chi connectivity index (χ2v) is 6.58. The number of hydrogen-bond acceptors (Lipinski definition) is 5. The van der Waals surface area contributed by atoms with Crippen LogP contribution in [0.15, 0.2) is 85.5 Å². The number of H-pyrrole nitrogens is 1. The van der Waals surface area contributed by atoms with Crippen LogP contribution in [0.4, 0.5) is 0 Å². The first-order valence-corrected chi connectivity index (χ1v) is 9.24. The Balaban J connectivity index is 1.36. The Bertz CT molecular complexity index is 1240. The topological polar surface area (TPSA) is 76.6 Å². The summed E-state index contributed by atoms with van der Waals surface area (Å²) < 4.78 is 5.85. The molecular formula is C23H17N5O. The molecule has 0 fully saturated rings. The van der Waals surface area contributed by atoms with Crippen molar-refractivity contribution in [2.75, 3.05) is 0 Å². The normalized spacial score (nSPS) is 10.9. The zero-order valence-electron chi connectivity index (χ0n) is 15.5. The summed E-state index contributed by atoms with van der Waals surface area (Å²) >= 11 is 0. The number of fused-ring (bicyclic) bond motifs is 1. The number of benzene rings is 2. The summed E-state index contributed by atoms with van der Waals surface area (Å²) in [6.07, 6.45) is 4.98. The molecule has 0 aliphatic heterocycles. The van der Waals surface area contributed by atoms with Crippen molar-refractivity contribution in [1.82, 2.24) is 24.9 Å². The van der Waals surface area contributed by atoms with E-state index in [0.29, 0.717) is 12.3 Å². The van der Waals surface area contributed by atoms with Crippen molar-refractivity contribution in [2.45, 2.75) is 6.61 Å². The van der Waals surface area contributed by atoms with E-state index in [1.165, 1.54) is 6.33 Å². The van der Waals surface area contributed by atoms with E-state index in [1.807, 2.05) is 66.7 Å². The molecular weight excluding hydrogens is 362 g/mol. The fraction of sp³-hybridized carbons (Fsp3) is 0.0435. The largest absolute Gasteiger partial charge is 0.489 e. The van der Waals surface area contributed by atoms with Crippen molar-refractivity contribution >= 4 is 11.2 Å². The summed E-state index contributed by atoms with van der Waals surface area (Å²) in [6, 6.07) is 21.9. The van der Waals surface area contributed by atoms with Gasteiger partial charge >= 0.3 is 0 Å². The fourth-order valence-corrected chi connectivity index (χ4v) is 3.07. The maximum Gasteiger partial charge on any atom is 0.178 e. The van der Waals surface area contributed by atoms with Gasteiger partial charge in [-0.3, -0.25) is 0 Å². The molecule has 0 unspecified atom stereocenters. The van der Waals surface area contributed by atoms with Crippen LogP contribution in [-0.2, 0) is 6.61 Å². The summed E-state index contributed by atoms with van der Waals surface area (Å²) in [6.45, 7) is 0.542. The zero-order valence-corrected chi connectivity index (χ0v) is 15.5. The molecule has 0 aliphatic rings. The minimum Gasteiger partial charge on any atom is -0.489 e. The average Bonchev–Trinajstić information content (AvgIpc) is 3.23. The monoisotopic (exact) mass is 379 g/mol. The third kappa shape index (κ3) is 3.68. The Labute approximate surface area is 167 Å². The van der Waals surface area contributed by atoms with Gasteiger partial charge in [0.15, 0.2) is 5.65 Å². The van der Waals surface area contributed by atoms with Crippen LogP contribution in [-0.4, -0.2) is 24.9 Å². The fourth-order valence-electron chi connectivity index (χ4n) is 3.07. The Kier molecular flexibility index (Phi) is 4.42. The van der Waals surface area contributed by atoms with Crippen LogP contribution in [0.25, 0.3) is 33.8 Å². The van der Waals surface area contributed by atoms with Crippen molar-refractivity contribution in [3.05, 3.63) is 91.0 Å². The Morgan fingerprint density at radius 3 is 2.34 bits per heavy atom. The lowest BCUT2D eigenvalue weighted by molar-refractivity contribution is 0.306. The van der Waals surface area contributed by atoms with Crippen LogP contribution >= 0.6 is 0 Å². The van der Waals surface area contributed by atoms with Crippen molar-refractivity contribution in [3.63, 3.8) is 0 Å². The molecule has 0 aliphatic carbocycles. The molecule has 140 valence electrons. The minimum absolute atomic E-state index is 0.542. The van der Waals surface area contributed by atoms with Gasteiger partial charge in [-0.25, -0.2) is 19.9 Å². The Hall–Kier alpha value is -4.06. The molecule has 5 aromatic rings. The number of nitrogens with zero attached hydrogens (tertiary/aromatic N) is 4. The summed E-state index contributed by atoms with van der Waals surface area (Å²) in [5.74, 6) is 1.58. The number of nitrogens with one attached hydrogen (secondary N) is 1. The maximum atomic E-state index is 5.85. The molecule has 0 bridgehead atoms. The number of ether oxygens (including phenoxy) is 1. The molecule has 5 rings (SSSR count). The molecule has 3 aromatic heterocycles. The summed E-state index contributed by atoms with van der Waals surface area (Å²) in [5, 5.41) is 0. The quantitative estimate of drug-likeness (QED) is 0.481. The number of aromatic nitrogens is 5. The molecule has 6 nitrogen and oxygen atoms in total. The highest BCUT2D eigenvalue weighted by molar-refractivity contribution is 5.78. The molecule has 3 heterocycles. The van der Waals surface area contributed by atoms with Gasteiger partial charge in [-0.15, -0.1) is 0 Å². The third-order valence-electron chi connectivity index (χ3n) is 4.58. The van der Waals surface area contributed by atoms with E-state index in [-0.39, 0.29) is 0 Å². The summed E-state index contributed by atoms with van der Waals surface area (Å²) in [5.41, 5.74) is 5.30. The zero-order chi connectivity index (χ0) is 19.5. The standard InChI is InChI=1S/C23H17N5O/c1-2-4-16(5-3-1)14-29-19-8-6-17(7-9-19)22-27-21-11-10-20(26-23(21)28-22)18-12-24-15-25-13-18/h1-13,15H,14H2,(H,26,27,28). The molecule has 29 heavy (non-hydrogen) atoms. The van der Waals surface area contributed by atoms with Gasteiger partial charge < -0.3 is 9.72 Å². The molecule has 0 atom stereocenters. The van der Waals surface area contributed by atoms with E-state index in [9.17, 15) is 0 Å². The Morgan fingerprint density at radius 1 is 0.759 bits per heavy atom. The lowest BCUT2D eigenvalue weighted by Crippen LogP contribution is -1.94. The summed E-state index contributed by atoms with van der Waals surface area (Å²) in [7, 11) is 0. The van der Waals surface area contributed by atoms with Crippen molar-refractivity contribution in [2.24, 2.45) is 0 Å². The van der Waals surface area contributed by atoms with Crippen LogP contribution in [0.3, 0.4) is 0 Å². The average molecular weight is 379 g/mol. The van der Waals surface area contributed by atoms with Gasteiger partial charge in [-0.05, 0) is 42.0 Å². The van der Waals surface area contributed by atoms with E-state index in [2.05, 4.69) is 24.9 Å². The van der Waals surface area contributed by atoms with Crippen LogP contribution in [0.1, 0.15) is 5.56 Å². The van der Waals surface area contributed by atoms with Gasteiger partial charge in [0.25, 0.3) is 0 Å². The number of pyridine rings is 1. The van der Waals surface area contributed by atoms with Gasteiger partial charge in [0.05, 0.1) is 11.2 Å². The van der Waals surface area contributed by atoms with Crippen molar-refractivity contribution in [1.29, 1.82) is 0 Å². The van der Waals surface area contributed by atoms with Gasteiger partial charge in [-0.2, -0.15) is 0 Å². The first kappa shape index (κ1) is 17.1. The number of rotatable bonds is 5. The van der Waals surface area contributed by atoms with Gasteiger partial charge in [0, 0.05) is 23.5 Å². The predicted molar refractivity (Wildman–Crippen MR) is 111 cm³/mol. The van der Waals surface area contributed by atoms with E-state index in [0.717, 1.165) is 39.5 Å². The second kappa shape index (κ2) is 7.52. The molecule has 0 saturated heterocycles. The first-order chi connectivity index (χ1) is 14.3. The number of imidazole rings is 1. The molecule has 1 N–H and O–H groups in total. The summed E-state index contributed by atoms with van der Waals surface area (Å²) in [4.78, 5) is 20.7. The molecule has 0 radical (unpaired) electrons.